The Morgan fingerprint density at radius 3 is 2.57 bits per heavy atom. The lowest BCUT2D eigenvalue weighted by Crippen LogP contribution is -2.34. The van der Waals surface area contributed by atoms with Crippen molar-refractivity contribution in [1.82, 2.24) is 4.90 Å². The Bertz CT molecular complexity index is 439. The summed E-state index contributed by atoms with van der Waals surface area (Å²) in [7, 11) is 1.68. The first-order valence-corrected chi connectivity index (χ1v) is 8.26. The number of hydrogen-bond acceptors (Lipinski definition) is 3. The normalized spacial score (nSPS) is 16.0. The van der Waals surface area contributed by atoms with Gasteiger partial charge in [-0.15, -0.1) is 0 Å². The summed E-state index contributed by atoms with van der Waals surface area (Å²) < 4.78 is 5.24. The quantitative estimate of drug-likeness (QED) is 0.769. The highest BCUT2D eigenvalue weighted by molar-refractivity contribution is 5.51. The monoisotopic (exact) mass is 290 g/mol. The van der Waals surface area contributed by atoms with Crippen LogP contribution in [0.15, 0.2) is 18.2 Å². The van der Waals surface area contributed by atoms with Crippen molar-refractivity contribution >= 4 is 5.69 Å². The van der Waals surface area contributed by atoms with Crippen molar-refractivity contribution in [3.63, 3.8) is 0 Å². The fraction of sp³-hybridized carbons (Fsp3) is 0.667. The zero-order chi connectivity index (χ0) is 15.2. The number of hydrogen-bond donors (Lipinski definition) is 1. The van der Waals surface area contributed by atoms with Gasteiger partial charge in [-0.25, -0.2) is 0 Å². The SMILES string of the molecule is COc1ccc(CN(CCC(C)C)C2CCCC2)c(N)c1. The summed E-state index contributed by atoms with van der Waals surface area (Å²) >= 11 is 0. The van der Waals surface area contributed by atoms with Crippen LogP contribution in [0.25, 0.3) is 0 Å². The van der Waals surface area contributed by atoms with Crippen LogP contribution in [-0.2, 0) is 6.54 Å². The molecule has 1 aromatic carbocycles. The van der Waals surface area contributed by atoms with E-state index in [1.165, 1.54) is 44.2 Å². The van der Waals surface area contributed by atoms with Crippen molar-refractivity contribution in [3.8, 4) is 5.75 Å². The Morgan fingerprint density at radius 1 is 1.29 bits per heavy atom. The van der Waals surface area contributed by atoms with E-state index in [4.69, 9.17) is 10.5 Å². The molecule has 0 saturated heterocycles. The number of anilines is 1. The fourth-order valence-electron chi connectivity index (χ4n) is 3.15. The smallest absolute Gasteiger partial charge is 0.120 e. The molecular weight excluding hydrogens is 260 g/mol. The van der Waals surface area contributed by atoms with Crippen LogP contribution in [0.3, 0.4) is 0 Å². The maximum Gasteiger partial charge on any atom is 0.120 e. The Balaban J connectivity index is 2.06. The molecule has 0 aromatic heterocycles. The summed E-state index contributed by atoms with van der Waals surface area (Å²) in [6, 6.07) is 6.81. The zero-order valence-corrected chi connectivity index (χ0v) is 13.8. The van der Waals surface area contributed by atoms with Crippen LogP contribution < -0.4 is 10.5 Å². The third kappa shape index (κ3) is 4.63. The van der Waals surface area contributed by atoms with Crippen LogP contribution in [-0.4, -0.2) is 24.6 Å². The molecule has 0 unspecified atom stereocenters. The van der Waals surface area contributed by atoms with Crippen molar-refractivity contribution in [1.29, 1.82) is 0 Å². The minimum atomic E-state index is 0.741. The Labute approximate surface area is 129 Å². The van der Waals surface area contributed by atoms with Crippen LogP contribution in [0.4, 0.5) is 5.69 Å². The van der Waals surface area contributed by atoms with Crippen molar-refractivity contribution in [2.75, 3.05) is 19.4 Å². The van der Waals surface area contributed by atoms with E-state index >= 15 is 0 Å². The van der Waals surface area contributed by atoms with E-state index in [2.05, 4.69) is 24.8 Å². The minimum absolute atomic E-state index is 0.741. The molecule has 3 nitrogen and oxygen atoms in total. The van der Waals surface area contributed by atoms with Gasteiger partial charge in [-0.2, -0.15) is 0 Å². The van der Waals surface area contributed by atoms with E-state index in [-0.39, 0.29) is 0 Å². The number of nitrogen functional groups attached to an aromatic ring is 1. The van der Waals surface area contributed by atoms with Gasteiger partial charge in [0.05, 0.1) is 7.11 Å². The van der Waals surface area contributed by atoms with Gasteiger partial charge in [-0.05, 0) is 43.4 Å². The predicted molar refractivity (Wildman–Crippen MR) is 89.5 cm³/mol. The summed E-state index contributed by atoms with van der Waals surface area (Å²) in [5.74, 6) is 1.59. The van der Waals surface area contributed by atoms with Gasteiger partial charge in [0.2, 0.25) is 0 Å². The molecule has 0 heterocycles. The maximum atomic E-state index is 6.19. The van der Waals surface area contributed by atoms with E-state index in [0.717, 1.165) is 29.9 Å². The Morgan fingerprint density at radius 2 is 2.00 bits per heavy atom. The molecule has 1 saturated carbocycles. The number of rotatable bonds is 7. The van der Waals surface area contributed by atoms with Gasteiger partial charge in [0.15, 0.2) is 0 Å². The summed E-state index contributed by atoms with van der Waals surface area (Å²) in [6.07, 6.45) is 6.69. The van der Waals surface area contributed by atoms with E-state index < -0.39 is 0 Å². The van der Waals surface area contributed by atoms with Crippen LogP contribution in [0.1, 0.15) is 51.5 Å². The third-order valence-electron chi connectivity index (χ3n) is 4.56. The van der Waals surface area contributed by atoms with Gasteiger partial charge in [0.1, 0.15) is 5.75 Å². The lowest BCUT2D eigenvalue weighted by atomic mass is 10.1. The number of methoxy groups -OCH3 is 1. The molecule has 21 heavy (non-hydrogen) atoms. The van der Waals surface area contributed by atoms with Gasteiger partial charge in [-0.1, -0.05) is 32.8 Å². The highest BCUT2D eigenvalue weighted by Gasteiger charge is 2.23. The second-order valence-electron chi connectivity index (χ2n) is 6.66. The molecule has 2 N–H and O–H groups in total. The fourth-order valence-corrected chi connectivity index (χ4v) is 3.15. The first-order chi connectivity index (χ1) is 10.1. The minimum Gasteiger partial charge on any atom is -0.497 e. The van der Waals surface area contributed by atoms with E-state index in [1.54, 1.807) is 7.11 Å². The van der Waals surface area contributed by atoms with E-state index in [0.29, 0.717) is 0 Å². The summed E-state index contributed by atoms with van der Waals surface area (Å²) in [6.45, 7) is 6.74. The molecule has 3 heteroatoms. The zero-order valence-electron chi connectivity index (χ0n) is 13.8. The highest BCUT2D eigenvalue weighted by Crippen LogP contribution is 2.28. The van der Waals surface area contributed by atoms with Crippen molar-refractivity contribution in [2.45, 2.75) is 58.5 Å². The number of nitrogens with two attached hydrogens (primary N) is 1. The van der Waals surface area contributed by atoms with Crippen LogP contribution in [0, 0.1) is 5.92 Å². The molecule has 1 fully saturated rings. The average molecular weight is 290 g/mol. The Kier molecular flexibility index (Phi) is 5.92. The van der Waals surface area contributed by atoms with Crippen molar-refractivity contribution < 1.29 is 4.74 Å². The lowest BCUT2D eigenvalue weighted by molar-refractivity contribution is 0.180. The molecule has 2 rings (SSSR count). The lowest BCUT2D eigenvalue weighted by Gasteiger charge is -2.30. The van der Waals surface area contributed by atoms with Gasteiger partial charge >= 0.3 is 0 Å². The molecule has 0 amide bonds. The molecular formula is C18H30N2O. The average Bonchev–Trinajstić information content (AvgIpc) is 2.98. The van der Waals surface area contributed by atoms with E-state index in [1.807, 2.05) is 12.1 Å². The van der Waals surface area contributed by atoms with Crippen LogP contribution in [0.2, 0.25) is 0 Å². The van der Waals surface area contributed by atoms with Crippen molar-refractivity contribution in [2.24, 2.45) is 5.92 Å². The molecule has 0 radical (unpaired) electrons. The predicted octanol–water partition coefficient (Wildman–Crippen LogP) is 4.07. The molecule has 1 aromatic rings. The van der Waals surface area contributed by atoms with Crippen LogP contribution >= 0.6 is 0 Å². The van der Waals surface area contributed by atoms with Crippen LogP contribution in [0.5, 0.6) is 5.75 Å². The summed E-state index contributed by atoms with van der Waals surface area (Å²) in [4.78, 5) is 2.64. The number of nitrogens with zero attached hydrogens (tertiary/aromatic N) is 1. The number of ether oxygens (including phenoxy) is 1. The third-order valence-corrected chi connectivity index (χ3v) is 4.56. The maximum absolute atomic E-state index is 6.19. The molecule has 1 aliphatic carbocycles. The topological polar surface area (TPSA) is 38.5 Å². The summed E-state index contributed by atoms with van der Waals surface area (Å²) in [5.41, 5.74) is 8.27. The second kappa shape index (κ2) is 7.69. The molecule has 0 atom stereocenters. The van der Waals surface area contributed by atoms with Crippen molar-refractivity contribution in [3.05, 3.63) is 23.8 Å². The van der Waals surface area contributed by atoms with E-state index in [9.17, 15) is 0 Å². The number of benzene rings is 1. The summed E-state index contributed by atoms with van der Waals surface area (Å²) in [5, 5.41) is 0. The van der Waals surface area contributed by atoms with Gasteiger partial charge in [-0.3, -0.25) is 4.90 Å². The molecule has 0 spiro atoms. The molecule has 118 valence electrons. The Hall–Kier alpha value is -1.22. The first-order valence-electron chi connectivity index (χ1n) is 8.26. The van der Waals surface area contributed by atoms with Gasteiger partial charge in [0, 0.05) is 24.3 Å². The molecule has 0 bridgehead atoms. The molecule has 1 aliphatic rings. The second-order valence-corrected chi connectivity index (χ2v) is 6.66. The highest BCUT2D eigenvalue weighted by atomic mass is 16.5. The first kappa shape index (κ1) is 16.2. The van der Waals surface area contributed by atoms with Gasteiger partial charge < -0.3 is 10.5 Å². The largest absolute Gasteiger partial charge is 0.497 e. The molecule has 0 aliphatic heterocycles. The standard InChI is InChI=1S/C18H30N2O/c1-14(2)10-11-20(16-6-4-5-7-16)13-15-8-9-17(21-3)12-18(15)19/h8-9,12,14,16H,4-7,10-11,13,19H2,1-3H3. The van der Waals surface area contributed by atoms with Gasteiger partial charge in [0.25, 0.3) is 0 Å².